The molecular weight excluding hydrogens is 236 g/mol. The minimum absolute atomic E-state index is 0.0570. The van der Waals surface area contributed by atoms with Gasteiger partial charge in [-0.25, -0.2) is 0 Å². The zero-order chi connectivity index (χ0) is 13.2. The van der Waals surface area contributed by atoms with E-state index in [-0.39, 0.29) is 18.5 Å². The van der Waals surface area contributed by atoms with Crippen LogP contribution in [0.25, 0.3) is 5.57 Å². The van der Waals surface area contributed by atoms with Crippen LogP contribution >= 0.6 is 0 Å². The lowest BCUT2D eigenvalue weighted by Crippen LogP contribution is -2.24. The molecule has 2 bridgehead atoms. The Hall–Kier alpha value is -1.12. The van der Waals surface area contributed by atoms with Crippen molar-refractivity contribution in [3.63, 3.8) is 0 Å². The van der Waals surface area contributed by atoms with Gasteiger partial charge < -0.3 is 9.47 Å². The SMILES string of the molecule is C=C1c2ccccc2C2OC(CCCCCC)C1O2. The van der Waals surface area contributed by atoms with Crippen molar-refractivity contribution in [2.24, 2.45) is 0 Å². The van der Waals surface area contributed by atoms with E-state index in [2.05, 4.69) is 31.7 Å². The van der Waals surface area contributed by atoms with Gasteiger partial charge in [-0.15, -0.1) is 0 Å². The Kier molecular flexibility index (Phi) is 3.72. The van der Waals surface area contributed by atoms with Crippen LogP contribution in [0.3, 0.4) is 0 Å². The Labute approximate surface area is 115 Å². The molecule has 102 valence electrons. The molecule has 0 radical (unpaired) electrons. The highest BCUT2D eigenvalue weighted by Gasteiger charge is 2.43. The van der Waals surface area contributed by atoms with E-state index in [0.29, 0.717) is 0 Å². The summed E-state index contributed by atoms with van der Waals surface area (Å²) in [6.07, 6.45) is 6.22. The maximum Gasteiger partial charge on any atom is 0.185 e. The van der Waals surface area contributed by atoms with Crippen LogP contribution in [-0.4, -0.2) is 12.2 Å². The molecule has 0 saturated carbocycles. The highest BCUT2D eigenvalue weighted by Crippen LogP contribution is 2.46. The predicted molar refractivity (Wildman–Crippen MR) is 76.7 cm³/mol. The van der Waals surface area contributed by atoms with Crippen LogP contribution in [0.1, 0.15) is 56.4 Å². The van der Waals surface area contributed by atoms with E-state index < -0.39 is 0 Å². The monoisotopic (exact) mass is 258 g/mol. The molecule has 0 spiro atoms. The quantitative estimate of drug-likeness (QED) is 0.726. The molecule has 2 aliphatic heterocycles. The van der Waals surface area contributed by atoms with Gasteiger partial charge in [-0.3, -0.25) is 0 Å². The van der Waals surface area contributed by atoms with Crippen LogP contribution in [-0.2, 0) is 9.47 Å². The lowest BCUT2D eigenvalue weighted by molar-refractivity contribution is -0.0681. The van der Waals surface area contributed by atoms with Crippen molar-refractivity contribution < 1.29 is 9.47 Å². The second kappa shape index (κ2) is 5.48. The van der Waals surface area contributed by atoms with Crippen molar-refractivity contribution in [2.45, 2.75) is 57.5 Å². The third kappa shape index (κ3) is 2.35. The molecule has 1 aromatic rings. The highest BCUT2D eigenvalue weighted by molar-refractivity contribution is 5.72. The molecule has 1 saturated heterocycles. The number of unbranched alkanes of at least 4 members (excludes halogenated alkanes) is 3. The lowest BCUT2D eigenvalue weighted by Gasteiger charge is -2.24. The van der Waals surface area contributed by atoms with Gasteiger partial charge in [0.05, 0.1) is 6.10 Å². The Bertz CT molecular complexity index is 466. The van der Waals surface area contributed by atoms with Gasteiger partial charge in [-0.1, -0.05) is 63.5 Å². The van der Waals surface area contributed by atoms with Crippen LogP contribution in [0, 0.1) is 0 Å². The number of rotatable bonds is 5. The van der Waals surface area contributed by atoms with Crippen molar-refractivity contribution in [2.75, 3.05) is 0 Å². The summed E-state index contributed by atoms with van der Waals surface area (Å²) < 4.78 is 12.1. The van der Waals surface area contributed by atoms with E-state index in [0.717, 1.165) is 17.6 Å². The zero-order valence-corrected chi connectivity index (χ0v) is 11.6. The van der Waals surface area contributed by atoms with Crippen LogP contribution in [0.5, 0.6) is 0 Å². The van der Waals surface area contributed by atoms with Gasteiger partial charge >= 0.3 is 0 Å². The van der Waals surface area contributed by atoms with Gasteiger partial charge in [-0.2, -0.15) is 0 Å². The van der Waals surface area contributed by atoms with E-state index in [4.69, 9.17) is 9.47 Å². The van der Waals surface area contributed by atoms with Gasteiger partial charge in [0.15, 0.2) is 6.29 Å². The highest BCUT2D eigenvalue weighted by atomic mass is 16.7. The molecule has 0 aromatic heterocycles. The van der Waals surface area contributed by atoms with Gasteiger partial charge in [-0.05, 0) is 17.6 Å². The van der Waals surface area contributed by atoms with Crippen LogP contribution in [0.15, 0.2) is 30.8 Å². The smallest absolute Gasteiger partial charge is 0.185 e. The van der Waals surface area contributed by atoms with E-state index in [1.807, 2.05) is 6.07 Å². The summed E-state index contributed by atoms with van der Waals surface area (Å²) in [6.45, 7) is 6.46. The molecule has 1 fully saturated rings. The molecule has 3 atom stereocenters. The molecule has 2 heterocycles. The molecule has 2 aliphatic rings. The second-order valence-corrected chi connectivity index (χ2v) is 5.52. The number of fused-ring (bicyclic) bond motifs is 4. The van der Waals surface area contributed by atoms with Gasteiger partial charge in [0.2, 0.25) is 0 Å². The molecule has 0 amide bonds. The molecule has 0 aliphatic carbocycles. The number of benzene rings is 1. The van der Waals surface area contributed by atoms with E-state index in [1.54, 1.807) is 0 Å². The summed E-state index contributed by atoms with van der Waals surface area (Å²) in [5.41, 5.74) is 3.45. The summed E-state index contributed by atoms with van der Waals surface area (Å²) in [4.78, 5) is 0. The van der Waals surface area contributed by atoms with Crippen LogP contribution in [0.4, 0.5) is 0 Å². The van der Waals surface area contributed by atoms with E-state index in [1.165, 1.54) is 31.2 Å². The average molecular weight is 258 g/mol. The number of hydrogen-bond acceptors (Lipinski definition) is 2. The fraction of sp³-hybridized carbons (Fsp3) is 0.529. The third-order valence-corrected chi connectivity index (χ3v) is 4.15. The minimum Gasteiger partial charge on any atom is -0.342 e. The first-order chi connectivity index (χ1) is 9.31. The van der Waals surface area contributed by atoms with Crippen molar-refractivity contribution in [3.05, 3.63) is 42.0 Å². The maximum atomic E-state index is 6.08. The molecular formula is C17H22O2. The normalized spacial score (nSPS) is 28.5. The second-order valence-electron chi connectivity index (χ2n) is 5.52. The Balaban J connectivity index is 1.70. The predicted octanol–water partition coefficient (Wildman–Crippen LogP) is 4.47. The van der Waals surface area contributed by atoms with E-state index >= 15 is 0 Å². The molecule has 2 heteroatoms. The summed E-state index contributed by atoms with van der Waals surface area (Å²) >= 11 is 0. The van der Waals surface area contributed by atoms with Crippen molar-refractivity contribution in [3.8, 4) is 0 Å². The standard InChI is InChI=1S/C17H22O2/c1-3-4-5-6-11-15-16-12(2)13-9-7-8-10-14(13)17(18-15)19-16/h7-10,15-17H,2-6,11H2,1H3. The zero-order valence-electron chi connectivity index (χ0n) is 11.6. The third-order valence-electron chi connectivity index (χ3n) is 4.15. The first-order valence-electron chi connectivity index (χ1n) is 7.40. The molecule has 3 unspecified atom stereocenters. The largest absolute Gasteiger partial charge is 0.342 e. The molecule has 19 heavy (non-hydrogen) atoms. The molecule has 0 N–H and O–H groups in total. The topological polar surface area (TPSA) is 18.5 Å². The average Bonchev–Trinajstić information content (AvgIpc) is 2.82. The number of ether oxygens (including phenoxy) is 2. The van der Waals surface area contributed by atoms with Gasteiger partial charge in [0.1, 0.15) is 6.10 Å². The molecule has 2 nitrogen and oxygen atoms in total. The first kappa shape index (κ1) is 12.9. The Morgan fingerprint density at radius 2 is 1.95 bits per heavy atom. The summed E-state index contributed by atoms with van der Waals surface area (Å²) in [5.74, 6) is 0. The fourth-order valence-electron chi connectivity index (χ4n) is 3.08. The van der Waals surface area contributed by atoms with Crippen molar-refractivity contribution >= 4 is 5.57 Å². The van der Waals surface area contributed by atoms with Crippen molar-refractivity contribution in [1.82, 2.24) is 0 Å². The summed E-state index contributed by atoms with van der Waals surface area (Å²) in [7, 11) is 0. The minimum atomic E-state index is -0.178. The maximum absolute atomic E-state index is 6.08. The first-order valence-corrected chi connectivity index (χ1v) is 7.40. The number of hydrogen-bond donors (Lipinski definition) is 0. The van der Waals surface area contributed by atoms with Crippen LogP contribution < -0.4 is 0 Å². The summed E-state index contributed by atoms with van der Waals surface area (Å²) in [5, 5.41) is 0. The van der Waals surface area contributed by atoms with Gasteiger partial charge in [0, 0.05) is 5.56 Å². The Morgan fingerprint density at radius 3 is 2.79 bits per heavy atom. The molecule has 1 aromatic carbocycles. The van der Waals surface area contributed by atoms with E-state index in [9.17, 15) is 0 Å². The van der Waals surface area contributed by atoms with Crippen molar-refractivity contribution in [1.29, 1.82) is 0 Å². The van der Waals surface area contributed by atoms with Crippen LogP contribution in [0.2, 0.25) is 0 Å². The Morgan fingerprint density at radius 1 is 1.11 bits per heavy atom. The summed E-state index contributed by atoms with van der Waals surface area (Å²) in [6, 6.07) is 8.31. The fourth-order valence-corrected chi connectivity index (χ4v) is 3.08. The molecule has 3 rings (SSSR count). The lowest BCUT2D eigenvalue weighted by atomic mass is 9.91. The van der Waals surface area contributed by atoms with Gasteiger partial charge in [0.25, 0.3) is 0 Å².